The number of ether oxygens (including phenoxy) is 2. The molecule has 3 rings (SSSR count). The molecule has 7 nitrogen and oxygen atoms in total. The van der Waals surface area contributed by atoms with Crippen molar-refractivity contribution in [1.82, 2.24) is 0 Å². The van der Waals surface area contributed by atoms with E-state index in [2.05, 4.69) is 6.58 Å². The van der Waals surface area contributed by atoms with E-state index >= 15 is 0 Å². The number of allylic oxidation sites excluding steroid dienone is 2. The zero-order valence-electron chi connectivity index (χ0n) is 19.8. The van der Waals surface area contributed by atoms with Gasteiger partial charge in [0.2, 0.25) is 0 Å². The Bertz CT molecular complexity index is 1120. The molecule has 2 atom stereocenters. The number of phenols is 3. The van der Waals surface area contributed by atoms with Gasteiger partial charge in [-0.25, -0.2) is 0 Å². The average Bonchev–Trinajstić information content (AvgIpc) is 2.79. The number of methoxy groups -OCH3 is 1. The molecule has 34 heavy (non-hydrogen) atoms. The van der Waals surface area contributed by atoms with E-state index in [9.17, 15) is 25.2 Å². The smallest absolute Gasteiger partial charge is 0.174 e. The molecule has 0 unspecified atom stereocenters. The monoisotopic (exact) mass is 468 g/mol. The van der Waals surface area contributed by atoms with Crippen LogP contribution in [0.1, 0.15) is 67.1 Å². The second-order valence-electron chi connectivity index (χ2n) is 8.75. The maximum atomic E-state index is 12.9. The summed E-state index contributed by atoms with van der Waals surface area (Å²) in [6, 6.07) is 6.06. The molecule has 0 aromatic heterocycles. The van der Waals surface area contributed by atoms with Gasteiger partial charge in [0.15, 0.2) is 17.3 Å². The lowest BCUT2D eigenvalue weighted by atomic mass is 9.92. The maximum absolute atomic E-state index is 12.9. The Morgan fingerprint density at radius 2 is 1.97 bits per heavy atom. The van der Waals surface area contributed by atoms with Crippen molar-refractivity contribution in [3.8, 4) is 28.7 Å². The number of aliphatic hydroxyl groups excluding tert-OH is 1. The van der Waals surface area contributed by atoms with Crippen LogP contribution in [0.15, 0.2) is 48.1 Å². The quantitative estimate of drug-likeness (QED) is 0.378. The van der Waals surface area contributed by atoms with Crippen molar-refractivity contribution >= 4 is 5.78 Å². The Balaban J connectivity index is 1.75. The number of aromatic hydroxyl groups is 3. The van der Waals surface area contributed by atoms with Gasteiger partial charge in [-0.05, 0) is 57.2 Å². The molecule has 1 heterocycles. The molecule has 0 fully saturated rings. The average molecular weight is 469 g/mol. The predicted octanol–water partition coefficient (Wildman–Crippen LogP) is 5.11. The first-order valence-electron chi connectivity index (χ1n) is 11.3. The fourth-order valence-electron chi connectivity index (χ4n) is 4.00. The van der Waals surface area contributed by atoms with E-state index in [1.165, 1.54) is 19.2 Å². The molecule has 2 aromatic carbocycles. The van der Waals surface area contributed by atoms with Crippen molar-refractivity contribution in [2.24, 2.45) is 0 Å². The highest BCUT2D eigenvalue weighted by Gasteiger charge is 2.33. The number of aliphatic hydroxyl groups is 1. The van der Waals surface area contributed by atoms with Crippen LogP contribution in [-0.2, 0) is 6.42 Å². The van der Waals surface area contributed by atoms with E-state index < -0.39 is 12.2 Å². The van der Waals surface area contributed by atoms with Gasteiger partial charge < -0.3 is 29.9 Å². The highest BCUT2D eigenvalue weighted by atomic mass is 16.5. The van der Waals surface area contributed by atoms with Crippen LogP contribution in [0.4, 0.5) is 0 Å². The lowest BCUT2D eigenvalue weighted by Crippen LogP contribution is -2.21. The second-order valence-corrected chi connectivity index (χ2v) is 8.75. The Morgan fingerprint density at radius 1 is 1.24 bits per heavy atom. The Hall–Kier alpha value is -3.45. The van der Waals surface area contributed by atoms with Crippen LogP contribution in [0.2, 0.25) is 0 Å². The van der Waals surface area contributed by atoms with Crippen LogP contribution >= 0.6 is 0 Å². The molecule has 0 aliphatic carbocycles. The van der Waals surface area contributed by atoms with E-state index in [1.54, 1.807) is 19.1 Å². The van der Waals surface area contributed by atoms with Crippen molar-refractivity contribution in [1.29, 1.82) is 0 Å². The van der Waals surface area contributed by atoms with E-state index in [0.29, 0.717) is 36.8 Å². The van der Waals surface area contributed by atoms with Crippen LogP contribution in [0, 0.1) is 0 Å². The molecule has 0 amide bonds. The molecule has 4 N–H and O–H groups in total. The lowest BCUT2D eigenvalue weighted by Gasteiger charge is -2.27. The summed E-state index contributed by atoms with van der Waals surface area (Å²) >= 11 is 0. The molecule has 1 aliphatic heterocycles. The largest absolute Gasteiger partial charge is 0.507 e. The number of fused-ring (bicyclic) bond motifs is 1. The summed E-state index contributed by atoms with van der Waals surface area (Å²) in [5.74, 6) is -0.338. The number of hydrogen-bond acceptors (Lipinski definition) is 7. The topological polar surface area (TPSA) is 116 Å². The Labute approximate surface area is 199 Å². The van der Waals surface area contributed by atoms with Crippen LogP contribution in [0.5, 0.6) is 28.7 Å². The summed E-state index contributed by atoms with van der Waals surface area (Å²) in [7, 11) is 1.43. The van der Waals surface area contributed by atoms with E-state index in [0.717, 1.165) is 11.1 Å². The number of benzene rings is 2. The molecule has 0 saturated heterocycles. The molecule has 0 radical (unpaired) electrons. The highest BCUT2D eigenvalue weighted by Crippen LogP contribution is 2.45. The van der Waals surface area contributed by atoms with Gasteiger partial charge in [-0.3, -0.25) is 4.79 Å². The fraction of sp³-hybridized carbons (Fsp3) is 0.370. The SMILES string of the molecule is C=C(C)[C@H](O)CC/C(C)=C/CCc1c(O)cc2c(c1O)C(=O)C[C@@H](c1ccc(O)c(OC)c1)O2. The van der Waals surface area contributed by atoms with E-state index in [-0.39, 0.29) is 46.5 Å². The molecule has 182 valence electrons. The first kappa shape index (κ1) is 25.2. The van der Waals surface area contributed by atoms with Crippen LogP contribution in [0.3, 0.4) is 0 Å². The summed E-state index contributed by atoms with van der Waals surface area (Å²) < 4.78 is 11.1. The third-order valence-corrected chi connectivity index (χ3v) is 6.11. The van der Waals surface area contributed by atoms with Gasteiger partial charge in [0.05, 0.1) is 19.6 Å². The predicted molar refractivity (Wildman–Crippen MR) is 129 cm³/mol. The summed E-state index contributed by atoms with van der Waals surface area (Å²) in [6.45, 7) is 7.51. The number of ketones is 1. The molecule has 2 aromatic rings. The summed E-state index contributed by atoms with van der Waals surface area (Å²) in [5, 5.41) is 41.0. The first-order chi connectivity index (χ1) is 16.1. The van der Waals surface area contributed by atoms with Gasteiger partial charge in [0.1, 0.15) is 28.9 Å². The normalized spacial score (nSPS) is 16.5. The van der Waals surface area contributed by atoms with Crippen molar-refractivity contribution in [3.05, 3.63) is 64.8 Å². The number of carbonyl (C=O) groups excluding carboxylic acids is 1. The number of rotatable bonds is 9. The number of phenolic OH excluding ortho intramolecular Hbond substituents is 3. The van der Waals surface area contributed by atoms with Gasteiger partial charge in [0, 0.05) is 11.6 Å². The van der Waals surface area contributed by atoms with Gasteiger partial charge in [0.25, 0.3) is 0 Å². The lowest BCUT2D eigenvalue weighted by molar-refractivity contribution is 0.0844. The Morgan fingerprint density at radius 3 is 2.65 bits per heavy atom. The Kier molecular flexibility index (Phi) is 7.89. The maximum Gasteiger partial charge on any atom is 0.174 e. The minimum atomic E-state index is -0.640. The first-order valence-corrected chi connectivity index (χ1v) is 11.3. The van der Waals surface area contributed by atoms with Crippen molar-refractivity contribution < 1.29 is 34.7 Å². The standard InChI is InChI=1S/C27H32O7/c1-15(2)19(28)10-8-16(3)6-5-7-18-21(30)13-25-26(27(18)32)22(31)14-23(34-25)17-9-11-20(29)24(12-17)33-4/h6,9,11-13,19,23,28-30,32H,1,5,7-8,10,14H2,2-4H3/b16-6+/t19-,23+/m1/s1. The van der Waals surface area contributed by atoms with Gasteiger partial charge in [-0.1, -0.05) is 29.9 Å². The minimum absolute atomic E-state index is 0.00274. The number of carbonyl (C=O) groups is 1. The molecule has 0 saturated carbocycles. The van der Waals surface area contributed by atoms with Gasteiger partial charge in [-0.2, -0.15) is 0 Å². The van der Waals surface area contributed by atoms with Crippen LogP contribution < -0.4 is 9.47 Å². The van der Waals surface area contributed by atoms with Crippen molar-refractivity contribution in [3.63, 3.8) is 0 Å². The van der Waals surface area contributed by atoms with Crippen LogP contribution in [-0.4, -0.2) is 39.4 Å². The molecular formula is C27H32O7. The summed E-state index contributed by atoms with van der Waals surface area (Å²) in [6.07, 6.45) is 3.03. The van der Waals surface area contributed by atoms with Crippen molar-refractivity contribution in [2.75, 3.05) is 7.11 Å². The van der Waals surface area contributed by atoms with E-state index in [1.807, 2.05) is 13.0 Å². The highest BCUT2D eigenvalue weighted by molar-refractivity contribution is 6.03. The van der Waals surface area contributed by atoms with Crippen LogP contribution in [0.25, 0.3) is 0 Å². The zero-order chi connectivity index (χ0) is 25.0. The fourth-order valence-corrected chi connectivity index (χ4v) is 4.00. The summed E-state index contributed by atoms with van der Waals surface area (Å²) in [4.78, 5) is 12.9. The van der Waals surface area contributed by atoms with E-state index in [4.69, 9.17) is 9.47 Å². The third kappa shape index (κ3) is 5.54. The number of hydrogen-bond donors (Lipinski definition) is 4. The molecular weight excluding hydrogens is 436 g/mol. The minimum Gasteiger partial charge on any atom is -0.507 e. The molecule has 7 heteroatoms. The second kappa shape index (κ2) is 10.7. The summed E-state index contributed by atoms with van der Waals surface area (Å²) in [5.41, 5.74) is 2.82. The zero-order valence-corrected chi connectivity index (χ0v) is 19.8. The van der Waals surface area contributed by atoms with Gasteiger partial charge in [-0.15, -0.1) is 0 Å². The molecule has 1 aliphatic rings. The molecule has 0 spiro atoms. The van der Waals surface area contributed by atoms with Crippen molar-refractivity contribution in [2.45, 2.75) is 58.2 Å². The van der Waals surface area contributed by atoms with Gasteiger partial charge >= 0.3 is 0 Å². The number of Topliss-reactive ketones (excluding diaryl/α,β-unsaturated/α-hetero) is 1. The third-order valence-electron chi connectivity index (χ3n) is 6.11. The molecule has 0 bridgehead atoms.